The highest BCUT2D eigenvalue weighted by atomic mass is 79.9. The van der Waals surface area contributed by atoms with E-state index in [1.165, 1.54) is 22.2 Å². The van der Waals surface area contributed by atoms with Crippen molar-refractivity contribution in [3.05, 3.63) is 22.4 Å². The largest absolute Gasteiger partial charge is 0.348 e. The second-order valence-electron chi connectivity index (χ2n) is 4.68. The van der Waals surface area contributed by atoms with E-state index in [4.69, 9.17) is 0 Å². The fraction of sp³-hybridized carbons (Fsp3) is 0.462. The molecule has 1 aliphatic rings. The van der Waals surface area contributed by atoms with E-state index in [2.05, 4.69) is 32.7 Å². The van der Waals surface area contributed by atoms with E-state index in [-0.39, 0.29) is 5.91 Å². The van der Waals surface area contributed by atoms with E-state index < -0.39 is 0 Å². The average molecular weight is 344 g/mol. The summed E-state index contributed by atoms with van der Waals surface area (Å²) in [6.07, 6.45) is 3.55. The fourth-order valence-corrected chi connectivity index (χ4v) is 5.32. The van der Waals surface area contributed by atoms with Crippen LogP contribution in [-0.4, -0.2) is 17.3 Å². The van der Waals surface area contributed by atoms with Crippen molar-refractivity contribution in [2.75, 3.05) is 5.33 Å². The standard InChI is InChI=1S/C13H14BrNOS2/c14-7-8-2-1-3-9(8)15-13(16)12-6-11-10(18-12)4-5-17-11/h4-6,8-9H,1-3,7H2,(H,15,16). The van der Waals surface area contributed by atoms with Crippen molar-refractivity contribution in [1.29, 1.82) is 0 Å². The summed E-state index contributed by atoms with van der Waals surface area (Å²) in [6.45, 7) is 0. The molecule has 2 nitrogen and oxygen atoms in total. The first-order chi connectivity index (χ1) is 8.78. The minimum absolute atomic E-state index is 0.0984. The molecular formula is C13H14BrNOS2. The molecule has 1 saturated carbocycles. The molecule has 2 aromatic heterocycles. The molecule has 0 bridgehead atoms. The lowest BCUT2D eigenvalue weighted by molar-refractivity contribution is 0.0934. The van der Waals surface area contributed by atoms with Crippen molar-refractivity contribution in [1.82, 2.24) is 5.32 Å². The lowest BCUT2D eigenvalue weighted by Gasteiger charge is -2.18. The Morgan fingerprint density at radius 2 is 2.33 bits per heavy atom. The number of nitrogens with one attached hydrogen (secondary N) is 1. The SMILES string of the molecule is O=C(NC1CCCC1CBr)c1cc2sccc2s1. The Hall–Kier alpha value is -0.390. The summed E-state index contributed by atoms with van der Waals surface area (Å²) in [7, 11) is 0. The van der Waals surface area contributed by atoms with Crippen molar-refractivity contribution in [3.8, 4) is 0 Å². The van der Waals surface area contributed by atoms with E-state index in [0.29, 0.717) is 12.0 Å². The van der Waals surface area contributed by atoms with Gasteiger partial charge in [-0.25, -0.2) is 0 Å². The number of carbonyl (C=O) groups is 1. The highest BCUT2D eigenvalue weighted by Crippen LogP contribution is 2.31. The van der Waals surface area contributed by atoms with Gasteiger partial charge in [0.05, 0.1) is 4.88 Å². The molecule has 2 unspecified atom stereocenters. The van der Waals surface area contributed by atoms with E-state index >= 15 is 0 Å². The van der Waals surface area contributed by atoms with Gasteiger partial charge in [-0.2, -0.15) is 0 Å². The third-order valence-electron chi connectivity index (χ3n) is 3.54. The van der Waals surface area contributed by atoms with Crippen molar-refractivity contribution in [2.24, 2.45) is 5.92 Å². The van der Waals surface area contributed by atoms with Gasteiger partial charge in [-0.15, -0.1) is 22.7 Å². The summed E-state index contributed by atoms with van der Waals surface area (Å²) in [5.41, 5.74) is 0. The van der Waals surface area contributed by atoms with Crippen LogP contribution in [0.5, 0.6) is 0 Å². The number of hydrogen-bond acceptors (Lipinski definition) is 3. The van der Waals surface area contributed by atoms with Gasteiger partial charge in [-0.3, -0.25) is 4.79 Å². The highest BCUT2D eigenvalue weighted by Gasteiger charge is 2.28. The Morgan fingerprint density at radius 1 is 1.44 bits per heavy atom. The lowest BCUT2D eigenvalue weighted by Crippen LogP contribution is -2.37. The van der Waals surface area contributed by atoms with Crippen LogP contribution >= 0.6 is 38.6 Å². The summed E-state index contributed by atoms with van der Waals surface area (Å²) >= 11 is 6.82. The van der Waals surface area contributed by atoms with Crippen molar-refractivity contribution >= 4 is 53.9 Å². The molecule has 0 spiro atoms. The maximum Gasteiger partial charge on any atom is 0.261 e. The third kappa shape index (κ3) is 2.36. The van der Waals surface area contributed by atoms with E-state index in [9.17, 15) is 4.79 Å². The first-order valence-corrected chi connectivity index (χ1v) is 8.93. The minimum Gasteiger partial charge on any atom is -0.348 e. The maximum atomic E-state index is 12.2. The van der Waals surface area contributed by atoms with Gasteiger partial charge >= 0.3 is 0 Å². The van der Waals surface area contributed by atoms with Crippen molar-refractivity contribution < 1.29 is 4.79 Å². The number of thiophene rings is 2. The molecule has 96 valence electrons. The van der Waals surface area contributed by atoms with Gasteiger partial charge < -0.3 is 5.32 Å². The lowest BCUT2D eigenvalue weighted by atomic mass is 10.1. The number of alkyl halides is 1. The van der Waals surface area contributed by atoms with Crippen LogP contribution in [0.15, 0.2) is 17.5 Å². The van der Waals surface area contributed by atoms with E-state index in [0.717, 1.165) is 16.6 Å². The molecule has 2 heterocycles. The van der Waals surface area contributed by atoms with Gasteiger partial charge in [0.1, 0.15) is 0 Å². The number of amides is 1. The molecule has 0 radical (unpaired) electrons. The quantitative estimate of drug-likeness (QED) is 0.829. The molecule has 5 heteroatoms. The number of halogens is 1. The van der Waals surface area contributed by atoms with Crippen LogP contribution in [0.1, 0.15) is 28.9 Å². The van der Waals surface area contributed by atoms with Crippen molar-refractivity contribution in [2.45, 2.75) is 25.3 Å². The summed E-state index contributed by atoms with van der Waals surface area (Å²) < 4.78 is 2.43. The summed E-state index contributed by atoms with van der Waals surface area (Å²) in [6, 6.07) is 4.44. The van der Waals surface area contributed by atoms with Crippen LogP contribution in [0, 0.1) is 5.92 Å². The Balaban J connectivity index is 1.73. The summed E-state index contributed by atoms with van der Waals surface area (Å²) in [4.78, 5) is 13.1. The number of fused-ring (bicyclic) bond motifs is 1. The van der Waals surface area contributed by atoms with E-state index in [1.807, 2.05) is 6.07 Å². The molecule has 0 saturated heterocycles. The zero-order valence-corrected chi connectivity index (χ0v) is 13.0. The Kier molecular flexibility index (Phi) is 3.73. The normalized spacial score (nSPS) is 23.6. The summed E-state index contributed by atoms with van der Waals surface area (Å²) in [5, 5.41) is 6.25. The van der Waals surface area contributed by atoms with Gasteiger partial charge in [0.2, 0.25) is 0 Å². The van der Waals surface area contributed by atoms with Crippen LogP contribution in [-0.2, 0) is 0 Å². The number of rotatable bonds is 3. The Bertz CT molecular complexity index is 534. The highest BCUT2D eigenvalue weighted by molar-refractivity contribution is 9.09. The molecule has 18 heavy (non-hydrogen) atoms. The second kappa shape index (κ2) is 5.31. The first-order valence-electron chi connectivity index (χ1n) is 6.12. The van der Waals surface area contributed by atoms with Crippen LogP contribution in [0.4, 0.5) is 0 Å². The number of hydrogen-bond donors (Lipinski definition) is 1. The van der Waals surface area contributed by atoms with E-state index in [1.54, 1.807) is 22.7 Å². The predicted octanol–water partition coefficient (Wildman–Crippen LogP) is 4.26. The molecule has 1 fully saturated rings. The van der Waals surface area contributed by atoms with Gasteiger partial charge in [-0.1, -0.05) is 22.4 Å². The zero-order valence-electron chi connectivity index (χ0n) is 9.82. The fourth-order valence-electron chi connectivity index (χ4n) is 2.53. The van der Waals surface area contributed by atoms with Crippen molar-refractivity contribution in [3.63, 3.8) is 0 Å². The molecule has 1 aliphatic carbocycles. The van der Waals surface area contributed by atoms with Gasteiger partial charge in [0, 0.05) is 20.8 Å². The minimum atomic E-state index is 0.0984. The molecule has 1 N–H and O–H groups in total. The molecule has 2 atom stereocenters. The second-order valence-corrected chi connectivity index (χ2v) is 7.36. The molecule has 1 amide bonds. The third-order valence-corrected chi connectivity index (χ3v) is 6.46. The average Bonchev–Trinajstić information content (AvgIpc) is 3.02. The number of carbonyl (C=O) groups excluding carboxylic acids is 1. The van der Waals surface area contributed by atoms with Crippen LogP contribution < -0.4 is 5.32 Å². The molecule has 0 aromatic carbocycles. The van der Waals surface area contributed by atoms with Gasteiger partial charge in [0.15, 0.2) is 0 Å². The van der Waals surface area contributed by atoms with Crippen LogP contribution in [0.25, 0.3) is 9.40 Å². The molecule has 2 aromatic rings. The Morgan fingerprint density at radius 3 is 3.11 bits per heavy atom. The van der Waals surface area contributed by atoms with Crippen LogP contribution in [0.3, 0.4) is 0 Å². The smallest absolute Gasteiger partial charge is 0.261 e. The predicted molar refractivity (Wildman–Crippen MR) is 82.1 cm³/mol. The van der Waals surface area contributed by atoms with Crippen LogP contribution in [0.2, 0.25) is 0 Å². The zero-order chi connectivity index (χ0) is 12.5. The molecule has 3 rings (SSSR count). The van der Waals surface area contributed by atoms with Gasteiger partial charge in [0.25, 0.3) is 5.91 Å². The monoisotopic (exact) mass is 343 g/mol. The Labute approximate surface area is 123 Å². The molecule has 0 aliphatic heterocycles. The first kappa shape index (κ1) is 12.6. The van der Waals surface area contributed by atoms with Gasteiger partial charge in [-0.05, 0) is 36.3 Å². The topological polar surface area (TPSA) is 29.1 Å². The molecular weight excluding hydrogens is 330 g/mol. The maximum absolute atomic E-state index is 12.2. The summed E-state index contributed by atoms with van der Waals surface area (Å²) in [5.74, 6) is 0.691.